The van der Waals surface area contributed by atoms with E-state index in [-0.39, 0.29) is 0 Å². The second-order valence-electron chi connectivity index (χ2n) is 5.59. The largest absolute Gasteiger partial charge is 0.314 e. The monoisotopic (exact) mass is 379 g/mol. The van der Waals surface area contributed by atoms with Crippen molar-refractivity contribution in [3.63, 3.8) is 0 Å². The Labute approximate surface area is 134 Å². The molecule has 1 N–H and O–H groups in total. The van der Waals surface area contributed by atoms with Crippen molar-refractivity contribution < 1.29 is 8.42 Å². The van der Waals surface area contributed by atoms with Gasteiger partial charge in [-0.2, -0.15) is 0 Å². The summed E-state index contributed by atoms with van der Waals surface area (Å²) in [5.41, 5.74) is 0. The Morgan fingerprint density at radius 1 is 1.55 bits per heavy atom. The molecule has 0 aromatic carbocycles. The lowest BCUT2D eigenvalue weighted by Crippen LogP contribution is -2.33. The molecule has 1 aromatic rings. The van der Waals surface area contributed by atoms with E-state index in [9.17, 15) is 8.42 Å². The highest BCUT2D eigenvalue weighted by Gasteiger charge is 2.29. The van der Waals surface area contributed by atoms with Gasteiger partial charge in [0.1, 0.15) is 0 Å². The van der Waals surface area contributed by atoms with Crippen LogP contribution in [0.15, 0.2) is 15.9 Å². The van der Waals surface area contributed by atoms with Gasteiger partial charge in [-0.3, -0.25) is 0 Å². The first-order chi connectivity index (χ1) is 9.48. The maximum Gasteiger partial charge on any atom is 0.150 e. The summed E-state index contributed by atoms with van der Waals surface area (Å²) < 4.78 is 24.3. The van der Waals surface area contributed by atoms with E-state index in [0.29, 0.717) is 23.5 Å². The van der Waals surface area contributed by atoms with Crippen molar-refractivity contribution in [3.05, 3.63) is 20.8 Å². The quantitative estimate of drug-likeness (QED) is 0.790. The molecule has 2 atom stereocenters. The second kappa shape index (κ2) is 7.38. The normalized spacial score (nSPS) is 23.0. The van der Waals surface area contributed by atoms with Crippen molar-refractivity contribution in [1.29, 1.82) is 0 Å². The van der Waals surface area contributed by atoms with Crippen LogP contribution < -0.4 is 5.32 Å². The zero-order valence-corrected chi connectivity index (χ0v) is 15.0. The molecular weight excluding hydrogens is 358 g/mol. The summed E-state index contributed by atoms with van der Waals surface area (Å²) in [5, 5.41) is 5.68. The Balaban J connectivity index is 1.93. The molecule has 0 spiro atoms. The van der Waals surface area contributed by atoms with Crippen molar-refractivity contribution in [3.8, 4) is 0 Å². The first-order valence-electron chi connectivity index (χ1n) is 7.15. The molecule has 0 aliphatic carbocycles. The summed E-state index contributed by atoms with van der Waals surface area (Å²) >= 11 is 5.25. The maximum atomic E-state index is 11.6. The van der Waals surface area contributed by atoms with E-state index in [4.69, 9.17) is 0 Å². The summed E-state index contributed by atoms with van der Waals surface area (Å²) in [6.45, 7) is 3.16. The highest BCUT2D eigenvalue weighted by Crippen LogP contribution is 2.26. The third-order valence-corrected chi connectivity index (χ3v) is 7.25. The lowest BCUT2D eigenvalue weighted by Gasteiger charge is -2.20. The number of thiophene rings is 1. The van der Waals surface area contributed by atoms with Crippen molar-refractivity contribution >= 4 is 37.1 Å². The molecule has 0 radical (unpaired) electrons. The van der Waals surface area contributed by atoms with Crippen LogP contribution in [0.25, 0.3) is 0 Å². The molecule has 1 fully saturated rings. The van der Waals surface area contributed by atoms with Gasteiger partial charge in [-0.05, 0) is 60.1 Å². The fourth-order valence-corrected chi connectivity index (χ4v) is 6.16. The average Bonchev–Trinajstić information content (AvgIpc) is 2.92. The van der Waals surface area contributed by atoms with Gasteiger partial charge in [0.15, 0.2) is 9.84 Å². The van der Waals surface area contributed by atoms with Crippen molar-refractivity contribution in [2.75, 3.05) is 18.1 Å². The highest BCUT2D eigenvalue weighted by molar-refractivity contribution is 9.10. The highest BCUT2D eigenvalue weighted by atomic mass is 79.9. The van der Waals surface area contributed by atoms with Crippen LogP contribution in [0, 0.1) is 5.92 Å². The van der Waals surface area contributed by atoms with E-state index in [1.165, 1.54) is 4.88 Å². The lowest BCUT2D eigenvalue weighted by atomic mass is 9.97. The number of hydrogen-bond donors (Lipinski definition) is 1. The lowest BCUT2D eigenvalue weighted by molar-refractivity contribution is 0.404. The van der Waals surface area contributed by atoms with Gasteiger partial charge in [0.05, 0.1) is 11.5 Å². The Morgan fingerprint density at radius 2 is 2.35 bits per heavy atom. The maximum absolute atomic E-state index is 11.6. The van der Waals surface area contributed by atoms with Crippen LogP contribution in [-0.4, -0.2) is 32.5 Å². The molecule has 2 rings (SSSR count). The smallest absolute Gasteiger partial charge is 0.150 e. The van der Waals surface area contributed by atoms with Crippen molar-refractivity contribution in [2.24, 2.45) is 5.92 Å². The third-order valence-electron chi connectivity index (χ3n) is 3.70. The Kier molecular flexibility index (Phi) is 6.08. The van der Waals surface area contributed by atoms with Crippen LogP contribution in [0.1, 0.15) is 31.1 Å². The molecule has 0 amide bonds. The van der Waals surface area contributed by atoms with E-state index in [1.807, 2.05) is 0 Å². The van der Waals surface area contributed by atoms with Crippen molar-refractivity contribution in [1.82, 2.24) is 5.32 Å². The molecule has 3 nitrogen and oxygen atoms in total. The molecule has 1 saturated heterocycles. The van der Waals surface area contributed by atoms with E-state index in [0.717, 1.165) is 36.7 Å². The summed E-state index contributed by atoms with van der Waals surface area (Å²) in [6, 6.07) is 2.55. The first kappa shape index (κ1) is 16.5. The number of halogens is 1. The summed E-state index contributed by atoms with van der Waals surface area (Å²) in [4.78, 5) is 1.35. The Morgan fingerprint density at radius 3 is 2.90 bits per heavy atom. The second-order valence-corrected chi connectivity index (χ2v) is 9.73. The van der Waals surface area contributed by atoms with Crippen LogP contribution in [-0.2, 0) is 16.3 Å². The van der Waals surface area contributed by atoms with Gasteiger partial charge in [0.25, 0.3) is 0 Å². The Hall–Kier alpha value is 0.0900. The van der Waals surface area contributed by atoms with Gasteiger partial charge in [0, 0.05) is 20.8 Å². The third kappa shape index (κ3) is 5.13. The molecule has 114 valence electrons. The van der Waals surface area contributed by atoms with Gasteiger partial charge in [-0.25, -0.2) is 8.42 Å². The first-order valence-corrected chi connectivity index (χ1v) is 10.6. The zero-order chi connectivity index (χ0) is 14.6. The van der Waals surface area contributed by atoms with E-state index >= 15 is 0 Å². The Bertz CT molecular complexity index is 527. The molecule has 20 heavy (non-hydrogen) atoms. The van der Waals surface area contributed by atoms with Crippen LogP contribution >= 0.6 is 27.3 Å². The number of nitrogens with one attached hydrogen (secondary N) is 1. The molecule has 0 bridgehead atoms. The number of rotatable bonds is 7. The summed E-state index contributed by atoms with van der Waals surface area (Å²) in [5.74, 6) is 1.09. The van der Waals surface area contributed by atoms with E-state index in [2.05, 4.69) is 39.6 Å². The standard InChI is InChI=1S/C14H22BrNO2S2/c1-2-4-16-13(8-14-7-12(15)9-19-14)6-11-3-5-20(17,18)10-11/h7,9,11,13,16H,2-6,8,10H2,1H3. The molecule has 2 heterocycles. The molecule has 1 aliphatic rings. The van der Waals surface area contributed by atoms with Crippen LogP contribution in [0.4, 0.5) is 0 Å². The zero-order valence-electron chi connectivity index (χ0n) is 11.8. The predicted octanol–water partition coefficient (Wildman–Crippen LogP) is 3.25. The average molecular weight is 380 g/mol. The molecule has 6 heteroatoms. The molecule has 1 aromatic heterocycles. The van der Waals surface area contributed by atoms with Crippen molar-refractivity contribution in [2.45, 2.75) is 38.6 Å². The van der Waals surface area contributed by atoms with Gasteiger partial charge in [0.2, 0.25) is 0 Å². The van der Waals surface area contributed by atoms with Gasteiger partial charge in [-0.1, -0.05) is 6.92 Å². The van der Waals surface area contributed by atoms with Crippen LogP contribution in [0.3, 0.4) is 0 Å². The predicted molar refractivity (Wildman–Crippen MR) is 89.2 cm³/mol. The fourth-order valence-electron chi connectivity index (χ4n) is 2.75. The summed E-state index contributed by atoms with van der Waals surface area (Å²) in [7, 11) is -2.76. The van der Waals surface area contributed by atoms with E-state index < -0.39 is 9.84 Å². The topological polar surface area (TPSA) is 46.2 Å². The minimum absolute atomic E-state index is 0.331. The molecular formula is C14H22BrNO2S2. The van der Waals surface area contributed by atoms with Gasteiger partial charge < -0.3 is 5.32 Å². The van der Waals surface area contributed by atoms with Crippen LogP contribution in [0.2, 0.25) is 0 Å². The minimum Gasteiger partial charge on any atom is -0.314 e. The van der Waals surface area contributed by atoms with Gasteiger partial charge in [-0.15, -0.1) is 11.3 Å². The molecule has 1 aliphatic heterocycles. The minimum atomic E-state index is -2.76. The SMILES string of the molecule is CCCNC(Cc1cc(Br)cs1)CC1CCS(=O)(=O)C1. The number of hydrogen-bond acceptors (Lipinski definition) is 4. The summed E-state index contributed by atoms with van der Waals surface area (Å²) in [6.07, 6.45) is 3.90. The fraction of sp³-hybridized carbons (Fsp3) is 0.714. The van der Waals surface area contributed by atoms with E-state index in [1.54, 1.807) is 11.3 Å². The number of sulfone groups is 1. The van der Waals surface area contributed by atoms with Gasteiger partial charge >= 0.3 is 0 Å². The molecule has 2 unspecified atom stereocenters. The van der Waals surface area contributed by atoms with Crippen LogP contribution in [0.5, 0.6) is 0 Å². The molecule has 0 saturated carbocycles.